The molecule has 0 saturated heterocycles. The lowest BCUT2D eigenvalue weighted by Crippen LogP contribution is -2.03. The van der Waals surface area contributed by atoms with Crippen molar-refractivity contribution in [1.82, 2.24) is 4.57 Å². The van der Waals surface area contributed by atoms with E-state index in [0.717, 1.165) is 6.42 Å². The fraction of sp³-hybridized carbons (Fsp3) is 0.333. The van der Waals surface area contributed by atoms with Crippen molar-refractivity contribution in [2.45, 2.75) is 19.4 Å². The molecule has 0 bridgehead atoms. The minimum Gasteiger partial charge on any atom is -0.393 e. The van der Waals surface area contributed by atoms with E-state index in [1.165, 1.54) is 16.5 Å². The zero-order valence-electron chi connectivity index (χ0n) is 8.57. The number of para-hydroxylation sites is 1. The van der Waals surface area contributed by atoms with Crippen LogP contribution in [0.5, 0.6) is 0 Å². The zero-order valence-corrected chi connectivity index (χ0v) is 8.57. The highest BCUT2D eigenvalue weighted by Gasteiger charge is 2.07. The monoisotopic (exact) mass is 189 g/mol. The molecule has 1 heterocycles. The molecule has 14 heavy (non-hydrogen) atoms. The van der Waals surface area contributed by atoms with Crippen LogP contribution in [-0.4, -0.2) is 15.8 Å². The predicted octanol–water partition coefficient (Wildman–Crippen LogP) is 2.10. The fourth-order valence-corrected chi connectivity index (χ4v) is 1.91. The van der Waals surface area contributed by atoms with Crippen LogP contribution in [0.4, 0.5) is 0 Å². The molecule has 0 aliphatic heterocycles. The molecule has 1 aromatic carbocycles. The van der Waals surface area contributed by atoms with Crippen LogP contribution in [0.2, 0.25) is 0 Å². The molecule has 2 heteroatoms. The predicted molar refractivity (Wildman–Crippen MR) is 58.3 cm³/mol. The number of hydrogen-bond acceptors (Lipinski definition) is 1. The van der Waals surface area contributed by atoms with Crippen LogP contribution in [0, 0.1) is 0 Å². The number of aryl methyl sites for hydroxylation is 1. The summed E-state index contributed by atoms with van der Waals surface area (Å²) >= 11 is 0. The molecule has 1 N–H and O–H groups in total. The Kier molecular flexibility index (Phi) is 2.30. The van der Waals surface area contributed by atoms with Crippen LogP contribution in [-0.2, 0) is 13.5 Å². The molecule has 0 amide bonds. The first kappa shape index (κ1) is 9.28. The molecule has 0 unspecified atom stereocenters. The Bertz CT molecular complexity index is 443. The third-order valence-corrected chi connectivity index (χ3v) is 2.49. The number of nitrogens with zero attached hydrogens (tertiary/aromatic N) is 1. The van der Waals surface area contributed by atoms with Gasteiger partial charge in [-0.3, -0.25) is 0 Å². The van der Waals surface area contributed by atoms with Crippen LogP contribution in [0.25, 0.3) is 10.9 Å². The van der Waals surface area contributed by atoms with Gasteiger partial charge >= 0.3 is 0 Å². The first-order chi connectivity index (χ1) is 6.68. The van der Waals surface area contributed by atoms with Gasteiger partial charge in [0.25, 0.3) is 0 Å². The Labute approximate surface area is 83.8 Å². The molecule has 0 spiro atoms. The Morgan fingerprint density at radius 1 is 1.36 bits per heavy atom. The van der Waals surface area contributed by atoms with Gasteiger partial charge in [0.1, 0.15) is 0 Å². The first-order valence-electron chi connectivity index (χ1n) is 4.89. The van der Waals surface area contributed by atoms with Gasteiger partial charge in [-0.1, -0.05) is 18.2 Å². The highest BCUT2D eigenvalue weighted by Crippen LogP contribution is 2.21. The number of fused-ring (bicyclic) bond motifs is 1. The fourth-order valence-electron chi connectivity index (χ4n) is 1.91. The van der Waals surface area contributed by atoms with E-state index in [2.05, 4.69) is 22.9 Å². The van der Waals surface area contributed by atoms with Gasteiger partial charge in [0.15, 0.2) is 0 Å². The standard InChI is InChI=1S/C12H15NO/c1-9(14)7-10-8-13(2)12-6-4-3-5-11(10)12/h3-6,8-9,14H,7H2,1-2H3/t9-/m0/s1. The maximum atomic E-state index is 9.37. The molecule has 1 aromatic heterocycles. The average Bonchev–Trinajstić information content (AvgIpc) is 2.44. The highest BCUT2D eigenvalue weighted by molar-refractivity contribution is 5.83. The van der Waals surface area contributed by atoms with Crippen molar-refractivity contribution < 1.29 is 5.11 Å². The summed E-state index contributed by atoms with van der Waals surface area (Å²) in [6.07, 6.45) is 2.54. The molecule has 0 aliphatic carbocycles. The van der Waals surface area contributed by atoms with Crippen molar-refractivity contribution in [1.29, 1.82) is 0 Å². The van der Waals surface area contributed by atoms with E-state index >= 15 is 0 Å². The molecular formula is C12H15NO. The largest absolute Gasteiger partial charge is 0.393 e. The summed E-state index contributed by atoms with van der Waals surface area (Å²) in [4.78, 5) is 0. The summed E-state index contributed by atoms with van der Waals surface area (Å²) < 4.78 is 2.10. The third kappa shape index (κ3) is 1.53. The van der Waals surface area contributed by atoms with Crippen molar-refractivity contribution in [3.63, 3.8) is 0 Å². The van der Waals surface area contributed by atoms with E-state index in [1.807, 2.05) is 26.1 Å². The second-order valence-corrected chi connectivity index (χ2v) is 3.84. The molecule has 2 nitrogen and oxygen atoms in total. The lowest BCUT2D eigenvalue weighted by Gasteiger charge is -2.01. The highest BCUT2D eigenvalue weighted by atomic mass is 16.3. The van der Waals surface area contributed by atoms with Crippen molar-refractivity contribution in [3.05, 3.63) is 36.0 Å². The van der Waals surface area contributed by atoms with Gasteiger partial charge in [0.05, 0.1) is 6.10 Å². The van der Waals surface area contributed by atoms with Crippen LogP contribution in [0.3, 0.4) is 0 Å². The van der Waals surface area contributed by atoms with E-state index in [0.29, 0.717) is 0 Å². The quantitative estimate of drug-likeness (QED) is 0.769. The third-order valence-electron chi connectivity index (χ3n) is 2.49. The van der Waals surface area contributed by atoms with Crippen LogP contribution >= 0.6 is 0 Å². The van der Waals surface area contributed by atoms with Crippen molar-refractivity contribution in [3.8, 4) is 0 Å². The molecule has 2 rings (SSSR count). The van der Waals surface area contributed by atoms with Crippen molar-refractivity contribution in [2.24, 2.45) is 7.05 Å². The lowest BCUT2D eigenvalue weighted by molar-refractivity contribution is 0.196. The zero-order chi connectivity index (χ0) is 10.1. The molecule has 0 aliphatic rings. The second kappa shape index (κ2) is 3.46. The number of benzene rings is 1. The molecule has 74 valence electrons. The second-order valence-electron chi connectivity index (χ2n) is 3.84. The normalized spacial score (nSPS) is 13.4. The molecule has 0 fully saturated rings. The van der Waals surface area contributed by atoms with Gasteiger partial charge in [-0.15, -0.1) is 0 Å². The number of hydrogen-bond donors (Lipinski definition) is 1. The summed E-state index contributed by atoms with van der Waals surface area (Å²) in [6.45, 7) is 1.82. The smallest absolute Gasteiger partial charge is 0.0553 e. The molecular weight excluding hydrogens is 174 g/mol. The Morgan fingerprint density at radius 2 is 2.07 bits per heavy atom. The van der Waals surface area contributed by atoms with Gasteiger partial charge in [0.2, 0.25) is 0 Å². The Morgan fingerprint density at radius 3 is 2.79 bits per heavy atom. The van der Waals surface area contributed by atoms with Crippen LogP contribution in [0.1, 0.15) is 12.5 Å². The average molecular weight is 189 g/mol. The maximum Gasteiger partial charge on any atom is 0.0553 e. The van der Waals surface area contributed by atoms with E-state index in [1.54, 1.807) is 0 Å². The lowest BCUT2D eigenvalue weighted by atomic mass is 10.1. The number of aliphatic hydroxyl groups is 1. The minimum atomic E-state index is -0.277. The molecule has 0 saturated carbocycles. The number of aliphatic hydroxyl groups excluding tert-OH is 1. The van der Waals surface area contributed by atoms with Gasteiger partial charge in [-0.2, -0.15) is 0 Å². The summed E-state index contributed by atoms with van der Waals surface area (Å²) in [5, 5.41) is 10.6. The maximum absolute atomic E-state index is 9.37. The summed E-state index contributed by atoms with van der Waals surface area (Å²) in [7, 11) is 2.04. The number of aromatic nitrogens is 1. The summed E-state index contributed by atoms with van der Waals surface area (Å²) in [5.74, 6) is 0. The Hall–Kier alpha value is -1.28. The van der Waals surface area contributed by atoms with Crippen LogP contribution in [0.15, 0.2) is 30.5 Å². The summed E-state index contributed by atoms with van der Waals surface area (Å²) in [6, 6.07) is 8.27. The van der Waals surface area contributed by atoms with Crippen molar-refractivity contribution >= 4 is 10.9 Å². The van der Waals surface area contributed by atoms with E-state index in [4.69, 9.17) is 0 Å². The van der Waals surface area contributed by atoms with Gasteiger partial charge in [-0.05, 0) is 18.6 Å². The van der Waals surface area contributed by atoms with Gasteiger partial charge in [-0.25, -0.2) is 0 Å². The van der Waals surface area contributed by atoms with Gasteiger partial charge in [0, 0.05) is 30.6 Å². The van der Waals surface area contributed by atoms with Crippen molar-refractivity contribution in [2.75, 3.05) is 0 Å². The SMILES string of the molecule is C[C@H](O)Cc1cn(C)c2ccccc12. The van der Waals surface area contributed by atoms with E-state index in [9.17, 15) is 5.11 Å². The Balaban J connectivity index is 2.55. The topological polar surface area (TPSA) is 25.2 Å². The van der Waals surface area contributed by atoms with E-state index < -0.39 is 0 Å². The minimum absolute atomic E-state index is 0.277. The van der Waals surface area contributed by atoms with E-state index in [-0.39, 0.29) is 6.10 Å². The van der Waals surface area contributed by atoms with Gasteiger partial charge < -0.3 is 9.67 Å². The molecule has 2 aromatic rings. The molecule has 0 radical (unpaired) electrons. The molecule has 1 atom stereocenters. The number of rotatable bonds is 2. The summed E-state index contributed by atoms with van der Waals surface area (Å²) in [5.41, 5.74) is 2.45. The van der Waals surface area contributed by atoms with Crippen LogP contribution < -0.4 is 0 Å². The first-order valence-corrected chi connectivity index (χ1v) is 4.89.